The molecule has 146 valence electrons. The predicted octanol–water partition coefficient (Wildman–Crippen LogP) is 6.50. The lowest BCUT2D eigenvalue weighted by atomic mass is 10.2. The summed E-state index contributed by atoms with van der Waals surface area (Å²) in [6.45, 7) is 0. The van der Waals surface area contributed by atoms with Crippen LogP contribution in [0.25, 0.3) is 17.4 Å². The Labute approximate surface area is 180 Å². The van der Waals surface area contributed by atoms with Gasteiger partial charge in [-0.05, 0) is 54.2 Å². The molecule has 1 aliphatic rings. The Morgan fingerprint density at radius 2 is 1.86 bits per heavy atom. The number of carbonyl (C=O) groups excluding carboxylic acids is 2. The van der Waals surface area contributed by atoms with E-state index in [2.05, 4.69) is 0 Å². The number of furan rings is 1. The second-order valence-corrected chi connectivity index (χ2v) is 7.85. The smallest absolute Gasteiger partial charge is 0.298 e. The van der Waals surface area contributed by atoms with Gasteiger partial charge in [-0.15, -0.1) is 0 Å². The number of hydrogen-bond donors (Lipinski definition) is 0. The molecule has 2 aromatic carbocycles. The second-order valence-electron chi connectivity index (χ2n) is 6.02. The Morgan fingerprint density at radius 3 is 2.66 bits per heavy atom. The van der Waals surface area contributed by atoms with Crippen molar-refractivity contribution in [2.24, 2.45) is 0 Å². The third-order valence-corrected chi connectivity index (χ3v) is 5.65. The molecule has 0 atom stereocenters. The maximum atomic E-state index is 12.8. The fraction of sp³-hybridized carbons (Fsp3) is 0.0476. The van der Waals surface area contributed by atoms with Gasteiger partial charge in [-0.3, -0.25) is 9.59 Å². The molecule has 1 aromatic heterocycles. The molecule has 0 unspecified atom stereocenters. The number of nitrogens with zero attached hydrogens (tertiary/aromatic N) is 1. The molecule has 2 amide bonds. The van der Waals surface area contributed by atoms with Crippen molar-refractivity contribution in [3.05, 3.63) is 75.3 Å². The molecule has 0 N–H and O–H groups in total. The van der Waals surface area contributed by atoms with Crippen molar-refractivity contribution in [2.45, 2.75) is 0 Å². The number of hydrogen-bond acceptors (Lipinski definition) is 5. The van der Waals surface area contributed by atoms with E-state index >= 15 is 0 Å². The van der Waals surface area contributed by atoms with E-state index in [9.17, 15) is 9.59 Å². The van der Waals surface area contributed by atoms with Gasteiger partial charge in [0.25, 0.3) is 11.1 Å². The van der Waals surface area contributed by atoms with E-state index in [0.717, 1.165) is 16.7 Å². The monoisotopic (exact) mass is 445 g/mol. The molecule has 0 bridgehead atoms. The third-order valence-electron chi connectivity index (χ3n) is 4.21. The van der Waals surface area contributed by atoms with Crippen LogP contribution in [0.4, 0.5) is 10.5 Å². The lowest BCUT2D eigenvalue weighted by Crippen LogP contribution is -2.28. The van der Waals surface area contributed by atoms with Crippen LogP contribution in [0.1, 0.15) is 5.76 Å². The van der Waals surface area contributed by atoms with E-state index in [4.69, 9.17) is 32.4 Å². The van der Waals surface area contributed by atoms with E-state index in [1.165, 1.54) is 13.2 Å². The molecule has 0 radical (unpaired) electrons. The third kappa shape index (κ3) is 3.79. The van der Waals surface area contributed by atoms with E-state index in [-0.39, 0.29) is 4.91 Å². The molecule has 29 heavy (non-hydrogen) atoms. The van der Waals surface area contributed by atoms with Gasteiger partial charge in [0, 0.05) is 16.7 Å². The first kappa shape index (κ1) is 19.6. The Kier molecular flexibility index (Phi) is 5.41. The van der Waals surface area contributed by atoms with Crippen LogP contribution >= 0.6 is 35.0 Å². The highest BCUT2D eigenvalue weighted by Crippen LogP contribution is 2.40. The Morgan fingerprint density at radius 1 is 1.07 bits per heavy atom. The summed E-state index contributed by atoms with van der Waals surface area (Å²) in [5, 5.41) is 0.613. The van der Waals surface area contributed by atoms with Crippen LogP contribution in [0.3, 0.4) is 0 Å². The topological polar surface area (TPSA) is 59.8 Å². The Balaban J connectivity index is 1.65. The summed E-state index contributed by atoms with van der Waals surface area (Å²) in [7, 11) is 1.49. The van der Waals surface area contributed by atoms with E-state index < -0.39 is 11.1 Å². The van der Waals surface area contributed by atoms with E-state index in [1.54, 1.807) is 54.6 Å². The number of methoxy groups -OCH3 is 1. The summed E-state index contributed by atoms with van der Waals surface area (Å²) < 4.78 is 11.1. The quantitative estimate of drug-likeness (QED) is 0.428. The molecular weight excluding hydrogens is 433 g/mol. The SMILES string of the molecule is COc1ccccc1N1C(=O)S/C(=C/c2ccc(-c3cc(Cl)ccc3Cl)o2)C1=O. The number of ether oxygens (including phenoxy) is 1. The fourth-order valence-electron chi connectivity index (χ4n) is 2.88. The largest absolute Gasteiger partial charge is 0.495 e. The van der Waals surface area contributed by atoms with E-state index in [0.29, 0.717) is 38.6 Å². The summed E-state index contributed by atoms with van der Waals surface area (Å²) in [6.07, 6.45) is 1.53. The van der Waals surface area contributed by atoms with Crippen molar-refractivity contribution >= 4 is 57.9 Å². The Hall–Kier alpha value is -2.67. The first-order chi connectivity index (χ1) is 14.0. The summed E-state index contributed by atoms with van der Waals surface area (Å²) >= 11 is 13.1. The predicted molar refractivity (Wildman–Crippen MR) is 116 cm³/mol. The zero-order valence-electron chi connectivity index (χ0n) is 15.0. The lowest BCUT2D eigenvalue weighted by Gasteiger charge is -2.15. The highest BCUT2D eigenvalue weighted by atomic mass is 35.5. The standard InChI is InChI=1S/C21H13Cl2NO4S/c1-27-18-5-3-2-4-16(18)24-20(25)19(29-21(24)26)11-13-7-9-17(28-13)14-10-12(22)6-8-15(14)23/h2-11H,1H3/b19-11+. The number of imide groups is 1. The number of amides is 2. The number of benzene rings is 2. The number of para-hydroxylation sites is 2. The van der Waals surface area contributed by atoms with Crippen molar-refractivity contribution < 1.29 is 18.7 Å². The first-order valence-corrected chi connectivity index (χ1v) is 10.0. The van der Waals surface area contributed by atoms with Crippen molar-refractivity contribution in [1.29, 1.82) is 0 Å². The summed E-state index contributed by atoms with van der Waals surface area (Å²) in [5.74, 6) is 0.921. The Bertz CT molecular complexity index is 1160. The average molecular weight is 446 g/mol. The molecule has 8 heteroatoms. The molecule has 5 nitrogen and oxygen atoms in total. The molecule has 1 fully saturated rings. The normalized spacial score (nSPS) is 15.4. The number of rotatable bonds is 4. The molecule has 3 aromatic rings. The van der Waals surface area contributed by atoms with Gasteiger partial charge in [-0.25, -0.2) is 4.90 Å². The average Bonchev–Trinajstić information content (AvgIpc) is 3.28. The van der Waals surface area contributed by atoms with Crippen LogP contribution in [-0.2, 0) is 4.79 Å². The van der Waals surface area contributed by atoms with Gasteiger partial charge in [0.15, 0.2) is 0 Å². The van der Waals surface area contributed by atoms with Crippen LogP contribution < -0.4 is 9.64 Å². The maximum absolute atomic E-state index is 12.8. The van der Waals surface area contributed by atoms with E-state index in [1.807, 2.05) is 0 Å². The highest BCUT2D eigenvalue weighted by Gasteiger charge is 2.37. The zero-order valence-corrected chi connectivity index (χ0v) is 17.3. The molecule has 0 aliphatic carbocycles. The summed E-state index contributed by atoms with van der Waals surface area (Å²) in [6, 6.07) is 15.3. The lowest BCUT2D eigenvalue weighted by molar-refractivity contribution is -0.113. The fourth-order valence-corrected chi connectivity index (χ4v) is 4.08. The molecule has 0 spiro atoms. The van der Waals surface area contributed by atoms with Crippen LogP contribution in [0.15, 0.2) is 63.9 Å². The van der Waals surface area contributed by atoms with Crippen molar-refractivity contribution in [2.75, 3.05) is 12.0 Å². The van der Waals surface area contributed by atoms with Gasteiger partial charge >= 0.3 is 0 Å². The van der Waals surface area contributed by atoms with Crippen molar-refractivity contribution in [3.63, 3.8) is 0 Å². The summed E-state index contributed by atoms with van der Waals surface area (Å²) in [4.78, 5) is 26.7. The minimum atomic E-state index is -0.441. The van der Waals surface area contributed by atoms with Crippen LogP contribution in [-0.4, -0.2) is 18.3 Å². The number of halogens is 2. The van der Waals surface area contributed by atoms with Crippen molar-refractivity contribution in [1.82, 2.24) is 0 Å². The van der Waals surface area contributed by atoms with Crippen LogP contribution in [0.5, 0.6) is 5.75 Å². The summed E-state index contributed by atoms with van der Waals surface area (Å²) in [5.41, 5.74) is 1.03. The van der Waals surface area contributed by atoms with Crippen LogP contribution in [0, 0.1) is 0 Å². The minimum Gasteiger partial charge on any atom is -0.495 e. The van der Waals surface area contributed by atoms with Crippen molar-refractivity contribution in [3.8, 4) is 17.1 Å². The minimum absolute atomic E-state index is 0.249. The van der Waals surface area contributed by atoms with Gasteiger partial charge in [0.05, 0.1) is 22.7 Å². The molecule has 1 aliphatic heterocycles. The molecule has 0 saturated carbocycles. The number of thioether (sulfide) groups is 1. The highest BCUT2D eigenvalue weighted by molar-refractivity contribution is 8.19. The van der Waals surface area contributed by atoms with Gasteiger partial charge < -0.3 is 9.15 Å². The first-order valence-electron chi connectivity index (χ1n) is 8.44. The molecule has 2 heterocycles. The van der Waals surface area contributed by atoms with Gasteiger partial charge in [0.2, 0.25) is 0 Å². The van der Waals surface area contributed by atoms with Gasteiger partial charge in [-0.1, -0.05) is 35.3 Å². The number of anilines is 1. The maximum Gasteiger partial charge on any atom is 0.298 e. The zero-order chi connectivity index (χ0) is 20.5. The second kappa shape index (κ2) is 7.99. The number of carbonyl (C=O) groups is 2. The van der Waals surface area contributed by atoms with Crippen LogP contribution in [0.2, 0.25) is 10.0 Å². The molecular formula is C21H13Cl2NO4S. The molecule has 1 saturated heterocycles. The van der Waals surface area contributed by atoms with Gasteiger partial charge in [0.1, 0.15) is 17.3 Å². The molecule has 4 rings (SSSR count). The van der Waals surface area contributed by atoms with Gasteiger partial charge in [-0.2, -0.15) is 0 Å².